The number of para-hydroxylation sites is 1. The Morgan fingerprint density at radius 1 is 1.42 bits per heavy atom. The third kappa shape index (κ3) is 3.54. The van der Waals surface area contributed by atoms with Crippen molar-refractivity contribution in [3.8, 4) is 0 Å². The number of hydrogen-bond donors (Lipinski definition) is 0. The number of nitro benzene ring substituents is 1. The molecule has 0 aliphatic carbocycles. The van der Waals surface area contributed by atoms with Gasteiger partial charge >= 0.3 is 0 Å². The van der Waals surface area contributed by atoms with Crippen molar-refractivity contribution in [1.29, 1.82) is 0 Å². The predicted molar refractivity (Wildman–Crippen MR) is 76.3 cm³/mol. The molecule has 1 aliphatic rings. The fraction of sp³-hybridized carbons (Fsp3) is 0.500. The molecule has 0 saturated carbocycles. The van der Waals surface area contributed by atoms with Gasteiger partial charge in [-0.25, -0.2) is 8.42 Å². The van der Waals surface area contributed by atoms with Crippen molar-refractivity contribution in [2.75, 3.05) is 11.5 Å². The summed E-state index contributed by atoms with van der Waals surface area (Å²) in [6.45, 7) is 0. The van der Waals surface area contributed by atoms with Gasteiger partial charge in [-0.2, -0.15) is 0 Å². The smallest absolute Gasteiger partial charge is 0.258 e. The summed E-state index contributed by atoms with van der Waals surface area (Å²) in [7, 11) is -2.92. The first-order valence-electron chi connectivity index (χ1n) is 5.96. The fourth-order valence-corrected chi connectivity index (χ4v) is 5.27. The van der Waals surface area contributed by atoms with Gasteiger partial charge in [0.05, 0.1) is 16.4 Å². The number of hydrogen-bond acceptors (Lipinski definition) is 4. The molecule has 0 aromatic heterocycles. The number of nitrogens with zero attached hydrogens (tertiary/aromatic N) is 1. The molecule has 0 spiro atoms. The highest BCUT2D eigenvalue weighted by atomic mass is 79.9. The van der Waals surface area contributed by atoms with E-state index in [-0.39, 0.29) is 27.9 Å². The third-order valence-electron chi connectivity index (χ3n) is 3.38. The highest BCUT2D eigenvalue weighted by Crippen LogP contribution is 2.30. The molecule has 104 valence electrons. The molecule has 2 atom stereocenters. The summed E-state index contributed by atoms with van der Waals surface area (Å²) in [6.07, 6.45) is 1.09. The van der Waals surface area contributed by atoms with Gasteiger partial charge in [-0.3, -0.25) is 10.1 Å². The molecule has 0 amide bonds. The van der Waals surface area contributed by atoms with E-state index < -0.39 is 14.8 Å². The first kappa shape index (κ1) is 14.5. The van der Waals surface area contributed by atoms with Gasteiger partial charge in [0.15, 0.2) is 9.84 Å². The van der Waals surface area contributed by atoms with Crippen LogP contribution in [0.5, 0.6) is 0 Å². The van der Waals surface area contributed by atoms with E-state index in [1.54, 1.807) is 18.2 Å². The lowest BCUT2D eigenvalue weighted by molar-refractivity contribution is -0.385. The van der Waals surface area contributed by atoms with Crippen LogP contribution in [0.15, 0.2) is 24.3 Å². The van der Waals surface area contributed by atoms with Crippen LogP contribution in [0.2, 0.25) is 0 Å². The highest BCUT2D eigenvalue weighted by Gasteiger charge is 2.33. The zero-order valence-corrected chi connectivity index (χ0v) is 12.6. The van der Waals surface area contributed by atoms with Crippen LogP contribution in [0, 0.1) is 16.0 Å². The largest absolute Gasteiger partial charge is 0.272 e. The Morgan fingerprint density at radius 3 is 2.68 bits per heavy atom. The van der Waals surface area contributed by atoms with E-state index in [0.717, 1.165) is 0 Å². The van der Waals surface area contributed by atoms with Gasteiger partial charge in [0, 0.05) is 16.5 Å². The maximum atomic E-state index is 11.4. The van der Waals surface area contributed by atoms with Crippen LogP contribution in [0.1, 0.15) is 12.0 Å². The second kappa shape index (κ2) is 5.58. The molecule has 2 unspecified atom stereocenters. The van der Waals surface area contributed by atoms with Crippen molar-refractivity contribution in [2.24, 2.45) is 5.92 Å². The normalized spacial score (nSPS) is 23.1. The molecule has 0 bridgehead atoms. The molecule has 5 nitrogen and oxygen atoms in total. The predicted octanol–water partition coefficient (Wildman–Crippen LogP) is 2.34. The van der Waals surface area contributed by atoms with Crippen LogP contribution in [0.3, 0.4) is 0 Å². The minimum atomic E-state index is -2.92. The molecular formula is C12H14BrNO4S. The van der Waals surface area contributed by atoms with E-state index in [9.17, 15) is 18.5 Å². The van der Waals surface area contributed by atoms with Crippen molar-refractivity contribution in [2.45, 2.75) is 17.7 Å². The van der Waals surface area contributed by atoms with Gasteiger partial charge in [0.2, 0.25) is 0 Å². The molecule has 1 fully saturated rings. The fourth-order valence-electron chi connectivity index (χ4n) is 2.35. The zero-order chi connectivity index (χ0) is 14.0. The molecule has 1 aliphatic heterocycles. The molecular weight excluding hydrogens is 334 g/mol. The van der Waals surface area contributed by atoms with Crippen LogP contribution in [-0.4, -0.2) is 29.7 Å². The highest BCUT2D eigenvalue weighted by molar-refractivity contribution is 9.09. The van der Waals surface area contributed by atoms with E-state index in [1.807, 2.05) is 0 Å². The summed E-state index contributed by atoms with van der Waals surface area (Å²) in [6, 6.07) is 6.58. The summed E-state index contributed by atoms with van der Waals surface area (Å²) >= 11 is 3.49. The second-order valence-corrected chi connectivity index (χ2v) is 8.17. The molecule has 2 rings (SSSR count). The van der Waals surface area contributed by atoms with Crippen molar-refractivity contribution in [3.05, 3.63) is 39.9 Å². The standard InChI is InChI=1S/C12H14BrNO4S/c13-11(10-5-6-19(17,18)8-10)7-9-3-1-2-4-12(9)14(15)16/h1-4,10-11H,5-8H2. The summed E-state index contributed by atoms with van der Waals surface area (Å²) in [5.74, 6) is 0.421. The Labute approximate surface area is 120 Å². The Bertz CT molecular complexity index is 587. The molecule has 19 heavy (non-hydrogen) atoms. The molecule has 0 radical (unpaired) electrons. The summed E-state index contributed by atoms with van der Waals surface area (Å²) in [5, 5.41) is 10.9. The minimum absolute atomic E-state index is 0.0322. The van der Waals surface area contributed by atoms with Gasteiger partial charge in [-0.15, -0.1) is 0 Å². The number of alkyl halides is 1. The van der Waals surface area contributed by atoms with E-state index in [0.29, 0.717) is 18.4 Å². The number of sulfone groups is 1. The average Bonchev–Trinajstić information content (AvgIpc) is 2.70. The van der Waals surface area contributed by atoms with Crippen LogP contribution in [0.4, 0.5) is 5.69 Å². The molecule has 7 heteroatoms. The average molecular weight is 348 g/mol. The minimum Gasteiger partial charge on any atom is -0.258 e. The van der Waals surface area contributed by atoms with Crippen molar-refractivity contribution in [3.63, 3.8) is 0 Å². The summed E-state index contributed by atoms with van der Waals surface area (Å²) < 4.78 is 22.9. The number of benzene rings is 1. The number of rotatable bonds is 4. The Morgan fingerprint density at radius 2 is 2.11 bits per heavy atom. The van der Waals surface area contributed by atoms with Gasteiger partial charge in [-0.1, -0.05) is 34.1 Å². The maximum absolute atomic E-state index is 11.4. The van der Waals surface area contributed by atoms with Crippen molar-refractivity contribution >= 4 is 31.5 Å². The molecule has 1 heterocycles. The second-order valence-electron chi connectivity index (χ2n) is 4.77. The van der Waals surface area contributed by atoms with E-state index in [1.165, 1.54) is 6.07 Å². The van der Waals surface area contributed by atoms with E-state index in [4.69, 9.17) is 0 Å². The lowest BCUT2D eigenvalue weighted by Crippen LogP contribution is -2.18. The molecule has 1 aromatic carbocycles. The van der Waals surface area contributed by atoms with E-state index in [2.05, 4.69) is 15.9 Å². The first-order chi connectivity index (χ1) is 8.89. The summed E-state index contributed by atoms with van der Waals surface area (Å²) in [5.41, 5.74) is 0.728. The Balaban J connectivity index is 2.12. The maximum Gasteiger partial charge on any atom is 0.272 e. The topological polar surface area (TPSA) is 77.3 Å². The van der Waals surface area contributed by atoms with Gasteiger partial charge in [-0.05, 0) is 18.8 Å². The molecule has 1 saturated heterocycles. The SMILES string of the molecule is O=[N+]([O-])c1ccccc1CC(Br)C1CCS(=O)(=O)C1. The van der Waals surface area contributed by atoms with Crippen LogP contribution in [0.25, 0.3) is 0 Å². The lowest BCUT2D eigenvalue weighted by atomic mass is 9.98. The van der Waals surface area contributed by atoms with E-state index >= 15 is 0 Å². The van der Waals surface area contributed by atoms with Crippen molar-refractivity contribution in [1.82, 2.24) is 0 Å². The zero-order valence-electron chi connectivity index (χ0n) is 10.2. The molecule has 0 N–H and O–H groups in total. The quantitative estimate of drug-likeness (QED) is 0.475. The van der Waals surface area contributed by atoms with Crippen molar-refractivity contribution < 1.29 is 13.3 Å². The van der Waals surface area contributed by atoms with Crippen LogP contribution >= 0.6 is 15.9 Å². The molecule has 1 aromatic rings. The summed E-state index contributed by atoms with van der Waals surface area (Å²) in [4.78, 5) is 10.5. The van der Waals surface area contributed by atoms with Gasteiger partial charge in [0.25, 0.3) is 5.69 Å². The monoisotopic (exact) mass is 347 g/mol. The first-order valence-corrected chi connectivity index (χ1v) is 8.69. The van der Waals surface area contributed by atoms with Gasteiger partial charge in [0.1, 0.15) is 0 Å². The van der Waals surface area contributed by atoms with Crippen LogP contribution in [-0.2, 0) is 16.3 Å². The number of halogens is 1. The van der Waals surface area contributed by atoms with Gasteiger partial charge < -0.3 is 0 Å². The third-order valence-corrected chi connectivity index (χ3v) is 6.25. The number of nitro groups is 1. The Kier molecular flexibility index (Phi) is 4.25. The van der Waals surface area contributed by atoms with Crippen LogP contribution < -0.4 is 0 Å². The Hall–Kier alpha value is -0.950. The lowest BCUT2D eigenvalue weighted by Gasteiger charge is -2.15.